The van der Waals surface area contributed by atoms with Crippen molar-refractivity contribution in [1.82, 2.24) is 15.0 Å². The predicted molar refractivity (Wildman–Crippen MR) is 89.7 cm³/mol. The third-order valence-electron chi connectivity index (χ3n) is 3.86. The number of nitrogens with zero attached hydrogens (tertiary/aromatic N) is 7. The Morgan fingerprint density at radius 2 is 1.78 bits per heavy atom. The quantitative estimate of drug-likeness (QED) is 0.841. The zero-order valence-electron chi connectivity index (χ0n) is 13.3. The second-order valence-electron chi connectivity index (χ2n) is 5.57. The van der Waals surface area contributed by atoms with Crippen molar-refractivity contribution in [1.29, 1.82) is 5.26 Å². The first kappa shape index (κ1) is 15.0. The molecule has 1 fully saturated rings. The Hall–Kier alpha value is -2.88. The molecule has 0 N–H and O–H groups in total. The van der Waals surface area contributed by atoms with Crippen molar-refractivity contribution in [2.45, 2.75) is 0 Å². The summed E-state index contributed by atoms with van der Waals surface area (Å²) >= 11 is 0. The highest BCUT2D eigenvalue weighted by molar-refractivity contribution is 5.57. The molecule has 0 amide bonds. The van der Waals surface area contributed by atoms with Gasteiger partial charge in [0.05, 0.1) is 5.69 Å². The average molecular weight is 309 g/mol. The maximum atomic E-state index is 9.19. The van der Waals surface area contributed by atoms with E-state index < -0.39 is 0 Å². The minimum absolute atomic E-state index is 0.484. The molecule has 3 rings (SSSR count). The van der Waals surface area contributed by atoms with Crippen LogP contribution in [0.3, 0.4) is 0 Å². The zero-order valence-corrected chi connectivity index (χ0v) is 13.3. The Kier molecular flexibility index (Phi) is 4.24. The lowest BCUT2D eigenvalue weighted by Gasteiger charge is -2.36. The van der Waals surface area contributed by atoms with E-state index in [9.17, 15) is 5.26 Å². The van der Waals surface area contributed by atoms with E-state index in [1.165, 1.54) is 0 Å². The van der Waals surface area contributed by atoms with Crippen LogP contribution in [0.4, 0.5) is 17.5 Å². The number of pyridine rings is 1. The Bertz CT molecular complexity index is 714. The maximum Gasteiger partial charge on any atom is 0.226 e. The first-order valence-corrected chi connectivity index (χ1v) is 7.54. The number of piperazine rings is 1. The van der Waals surface area contributed by atoms with Gasteiger partial charge < -0.3 is 14.7 Å². The summed E-state index contributed by atoms with van der Waals surface area (Å²) in [6.07, 6.45) is 3.45. The molecule has 23 heavy (non-hydrogen) atoms. The van der Waals surface area contributed by atoms with Crippen molar-refractivity contribution in [2.75, 3.05) is 55.0 Å². The van der Waals surface area contributed by atoms with Gasteiger partial charge in [-0.2, -0.15) is 10.2 Å². The number of aromatic nitrogens is 3. The second-order valence-corrected chi connectivity index (χ2v) is 5.57. The van der Waals surface area contributed by atoms with E-state index in [0.717, 1.165) is 37.7 Å². The smallest absolute Gasteiger partial charge is 0.226 e. The van der Waals surface area contributed by atoms with E-state index in [4.69, 9.17) is 0 Å². The van der Waals surface area contributed by atoms with E-state index in [2.05, 4.69) is 30.8 Å². The van der Waals surface area contributed by atoms with Gasteiger partial charge in [-0.15, -0.1) is 0 Å². The number of anilines is 3. The van der Waals surface area contributed by atoms with Crippen molar-refractivity contribution in [3.8, 4) is 6.07 Å². The molecule has 0 bridgehead atoms. The summed E-state index contributed by atoms with van der Waals surface area (Å²) in [6, 6.07) is 7.93. The van der Waals surface area contributed by atoms with Gasteiger partial charge in [0, 0.05) is 52.7 Å². The van der Waals surface area contributed by atoms with Crippen LogP contribution in [-0.4, -0.2) is 55.2 Å². The van der Waals surface area contributed by atoms with Gasteiger partial charge in [-0.1, -0.05) is 0 Å². The minimum atomic E-state index is 0.484. The molecule has 3 heterocycles. The van der Waals surface area contributed by atoms with E-state index in [-0.39, 0.29) is 0 Å². The van der Waals surface area contributed by atoms with Crippen LogP contribution in [0.1, 0.15) is 5.69 Å². The molecule has 1 aliphatic rings. The molecule has 0 aliphatic carbocycles. The van der Waals surface area contributed by atoms with Gasteiger partial charge in [0.1, 0.15) is 11.9 Å². The van der Waals surface area contributed by atoms with Crippen molar-refractivity contribution in [3.63, 3.8) is 0 Å². The number of rotatable bonds is 3. The van der Waals surface area contributed by atoms with Gasteiger partial charge >= 0.3 is 0 Å². The van der Waals surface area contributed by atoms with Crippen LogP contribution < -0.4 is 14.7 Å². The van der Waals surface area contributed by atoms with Crippen LogP contribution in [-0.2, 0) is 0 Å². The van der Waals surface area contributed by atoms with E-state index >= 15 is 0 Å². The summed E-state index contributed by atoms with van der Waals surface area (Å²) in [5.41, 5.74) is 1.39. The molecule has 118 valence electrons. The highest BCUT2D eigenvalue weighted by Crippen LogP contribution is 2.21. The standard InChI is InChI=1S/C16H19N7/c1-21(2)16-19-7-5-15(20-16)23-10-8-22(9-11-23)14-4-3-6-18-13(14)12-17/h3-7H,8-11H2,1-2H3. The monoisotopic (exact) mass is 309 g/mol. The highest BCUT2D eigenvalue weighted by atomic mass is 15.3. The van der Waals surface area contributed by atoms with Crippen LogP contribution in [0.25, 0.3) is 0 Å². The molecule has 0 aromatic carbocycles. The zero-order chi connectivity index (χ0) is 16.2. The van der Waals surface area contributed by atoms with Gasteiger partial charge in [-0.3, -0.25) is 0 Å². The largest absolute Gasteiger partial charge is 0.366 e. The fourth-order valence-electron chi connectivity index (χ4n) is 2.65. The molecule has 0 unspecified atom stereocenters. The van der Waals surface area contributed by atoms with Gasteiger partial charge in [0.25, 0.3) is 0 Å². The summed E-state index contributed by atoms with van der Waals surface area (Å²) < 4.78 is 0. The summed E-state index contributed by atoms with van der Waals surface area (Å²) in [5.74, 6) is 1.65. The van der Waals surface area contributed by atoms with Crippen molar-refractivity contribution in [3.05, 3.63) is 36.3 Å². The first-order chi connectivity index (χ1) is 11.2. The Morgan fingerprint density at radius 3 is 2.48 bits per heavy atom. The van der Waals surface area contributed by atoms with Crippen molar-refractivity contribution >= 4 is 17.5 Å². The maximum absolute atomic E-state index is 9.19. The minimum Gasteiger partial charge on any atom is -0.366 e. The average Bonchev–Trinajstić information content (AvgIpc) is 2.62. The van der Waals surface area contributed by atoms with Crippen LogP contribution in [0.15, 0.2) is 30.6 Å². The molecule has 1 saturated heterocycles. The van der Waals surface area contributed by atoms with Crippen LogP contribution >= 0.6 is 0 Å². The molecule has 2 aromatic heterocycles. The molecule has 0 saturated carbocycles. The van der Waals surface area contributed by atoms with E-state index in [0.29, 0.717) is 11.6 Å². The predicted octanol–water partition coefficient (Wildman–Crippen LogP) is 1.14. The molecule has 7 heteroatoms. The van der Waals surface area contributed by atoms with Gasteiger partial charge in [-0.25, -0.2) is 9.97 Å². The third kappa shape index (κ3) is 3.16. The van der Waals surface area contributed by atoms with Crippen LogP contribution in [0.5, 0.6) is 0 Å². The normalized spacial score (nSPS) is 14.5. The van der Waals surface area contributed by atoms with Crippen LogP contribution in [0.2, 0.25) is 0 Å². The SMILES string of the molecule is CN(C)c1nccc(N2CCN(c3cccnc3C#N)CC2)n1. The van der Waals surface area contributed by atoms with Crippen molar-refractivity contribution < 1.29 is 0 Å². The van der Waals surface area contributed by atoms with E-state index in [1.807, 2.05) is 37.2 Å². The summed E-state index contributed by atoms with van der Waals surface area (Å²) in [5, 5.41) is 9.19. The lowest BCUT2D eigenvalue weighted by Crippen LogP contribution is -2.47. The van der Waals surface area contributed by atoms with Crippen molar-refractivity contribution in [2.24, 2.45) is 0 Å². The Labute approximate surface area is 135 Å². The molecule has 1 aliphatic heterocycles. The fraction of sp³-hybridized carbons (Fsp3) is 0.375. The molecular formula is C16H19N7. The fourth-order valence-corrected chi connectivity index (χ4v) is 2.65. The topological polar surface area (TPSA) is 72.2 Å². The molecule has 7 nitrogen and oxygen atoms in total. The van der Waals surface area contributed by atoms with Gasteiger partial charge in [-0.05, 0) is 18.2 Å². The first-order valence-electron chi connectivity index (χ1n) is 7.54. The molecular weight excluding hydrogens is 290 g/mol. The highest BCUT2D eigenvalue weighted by Gasteiger charge is 2.21. The van der Waals surface area contributed by atoms with E-state index in [1.54, 1.807) is 12.4 Å². The molecule has 0 radical (unpaired) electrons. The van der Waals surface area contributed by atoms with Gasteiger partial charge in [0.15, 0.2) is 5.69 Å². The summed E-state index contributed by atoms with van der Waals surface area (Å²) in [4.78, 5) is 19.3. The number of hydrogen-bond donors (Lipinski definition) is 0. The summed E-state index contributed by atoms with van der Waals surface area (Å²) in [6.45, 7) is 3.37. The molecule has 0 atom stereocenters. The van der Waals surface area contributed by atoms with Crippen LogP contribution in [0, 0.1) is 11.3 Å². The lowest BCUT2D eigenvalue weighted by molar-refractivity contribution is 0.645. The third-order valence-corrected chi connectivity index (χ3v) is 3.86. The lowest BCUT2D eigenvalue weighted by atomic mass is 10.2. The number of hydrogen-bond acceptors (Lipinski definition) is 7. The second kappa shape index (κ2) is 6.48. The Morgan fingerprint density at radius 1 is 1.04 bits per heavy atom. The Balaban J connectivity index is 1.71. The molecule has 0 spiro atoms. The van der Waals surface area contributed by atoms with Gasteiger partial charge in [0.2, 0.25) is 5.95 Å². The number of nitriles is 1. The summed E-state index contributed by atoms with van der Waals surface area (Å²) in [7, 11) is 3.87. The molecule has 2 aromatic rings.